The van der Waals surface area contributed by atoms with Crippen molar-refractivity contribution in [2.24, 2.45) is 5.92 Å². The highest BCUT2D eigenvalue weighted by Crippen LogP contribution is 2.35. The number of ether oxygens (including phenoxy) is 2. The van der Waals surface area contributed by atoms with Crippen molar-refractivity contribution >= 4 is 23.4 Å². The van der Waals surface area contributed by atoms with Crippen LogP contribution in [0.25, 0.3) is 0 Å². The zero-order valence-corrected chi connectivity index (χ0v) is 23.6. The molecule has 0 unspecified atom stereocenters. The minimum Gasteiger partial charge on any atom is -0.493 e. The molecular formula is C32H34FN3O5. The number of benzene rings is 3. The Kier molecular flexibility index (Phi) is 8.23. The maximum Gasteiger partial charge on any atom is 0.263 e. The highest BCUT2D eigenvalue weighted by molar-refractivity contribution is 6.23. The zero-order valence-electron chi connectivity index (χ0n) is 23.6. The maximum absolute atomic E-state index is 13.7. The summed E-state index contributed by atoms with van der Waals surface area (Å²) >= 11 is 0. The van der Waals surface area contributed by atoms with Crippen molar-refractivity contribution in [3.05, 3.63) is 88.7 Å². The number of rotatable bonds is 9. The van der Waals surface area contributed by atoms with Gasteiger partial charge >= 0.3 is 0 Å². The minimum atomic E-state index is -0.413. The van der Waals surface area contributed by atoms with Crippen LogP contribution in [0.5, 0.6) is 11.5 Å². The van der Waals surface area contributed by atoms with Crippen LogP contribution in [-0.4, -0.2) is 68.4 Å². The van der Waals surface area contributed by atoms with E-state index in [4.69, 9.17) is 9.47 Å². The van der Waals surface area contributed by atoms with Gasteiger partial charge in [-0.05, 0) is 66.8 Å². The van der Waals surface area contributed by atoms with Crippen molar-refractivity contribution in [1.29, 1.82) is 0 Å². The van der Waals surface area contributed by atoms with Crippen LogP contribution in [0.4, 0.5) is 10.1 Å². The molecule has 0 saturated carbocycles. The fourth-order valence-corrected chi connectivity index (χ4v) is 5.66. The quantitative estimate of drug-likeness (QED) is 0.358. The first kappa shape index (κ1) is 28.1. The average molecular weight is 560 g/mol. The second kappa shape index (κ2) is 12.0. The van der Waals surface area contributed by atoms with Gasteiger partial charge in [-0.25, -0.2) is 4.39 Å². The largest absolute Gasteiger partial charge is 0.493 e. The van der Waals surface area contributed by atoms with Crippen LogP contribution < -0.4 is 14.4 Å². The van der Waals surface area contributed by atoms with Crippen molar-refractivity contribution in [3.8, 4) is 11.5 Å². The van der Waals surface area contributed by atoms with Gasteiger partial charge < -0.3 is 19.3 Å². The van der Waals surface area contributed by atoms with Crippen molar-refractivity contribution in [1.82, 2.24) is 9.80 Å². The molecule has 0 bridgehead atoms. The Morgan fingerprint density at radius 1 is 0.927 bits per heavy atom. The van der Waals surface area contributed by atoms with Gasteiger partial charge in [-0.15, -0.1) is 0 Å². The number of nitrogens with zero attached hydrogens (tertiary/aromatic N) is 3. The number of amides is 3. The van der Waals surface area contributed by atoms with E-state index in [1.807, 2.05) is 31.3 Å². The molecule has 0 spiro atoms. The summed E-state index contributed by atoms with van der Waals surface area (Å²) in [6, 6.07) is 17.0. The van der Waals surface area contributed by atoms with E-state index in [0.29, 0.717) is 72.8 Å². The number of piperidine rings is 1. The van der Waals surface area contributed by atoms with Crippen molar-refractivity contribution in [3.63, 3.8) is 0 Å². The lowest BCUT2D eigenvalue weighted by Gasteiger charge is -2.35. The number of halogens is 1. The van der Waals surface area contributed by atoms with E-state index in [-0.39, 0.29) is 30.2 Å². The Balaban J connectivity index is 1.20. The molecule has 3 amide bonds. The van der Waals surface area contributed by atoms with Crippen molar-refractivity contribution < 1.29 is 28.2 Å². The zero-order chi connectivity index (χ0) is 29.1. The number of anilines is 1. The molecule has 41 heavy (non-hydrogen) atoms. The second-order valence-electron chi connectivity index (χ2n) is 10.5. The first-order valence-corrected chi connectivity index (χ1v) is 13.7. The maximum atomic E-state index is 13.7. The summed E-state index contributed by atoms with van der Waals surface area (Å²) in [5.74, 6) is 0.160. The first-order valence-electron chi connectivity index (χ1n) is 13.7. The lowest BCUT2D eigenvalue weighted by Crippen LogP contribution is -2.42. The number of carbonyl (C=O) groups is 3. The van der Waals surface area contributed by atoms with E-state index in [1.54, 1.807) is 43.4 Å². The van der Waals surface area contributed by atoms with Gasteiger partial charge in [0, 0.05) is 32.6 Å². The molecule has 214 valence electrons. The summed E-state index contributed by atoms with van der Waals surface area (Å²) in [6.45, 7) is 1.79. The summed E-state index contributed by atoms with van der Waals surface area (Å²) in [6.07, 6.45) is 2.00. The number of methoxy groups -OCH3 is 2. The summed E-state index contributed by atoms with van der Waals surface area (Å²) in [7, 11) is 5.03. The molecule has 2 heterocycles. The molecule has 1 saturated heterocycles. The summed E-state index contributed by atoms with van der Waals surface area (Å²) in [4.78, 5) is 44.8. The second-order valence-corrected chi connectivity index (χ2v) is 10.5. The number of hydrogen-bond acceptors (Lipinski definition) is 6. The lowest BCUT2D eigenvalue weighted by molar-refractivity contribution is -0.134. The number of imide groups is 1. The fourth-order valence-electron chi connectivity index (χ4n) is 5.66. The van der Waals surface area contributed by atoms with Crippen molar-refractivity contribution in [2.45, 2.75) is 25.8 Å². The van der Waals surface area contributed by atoms with Gasteiger partial charge in [-0.3, -0.25) is 19.3 Å². The summed E-state index contributed by atoms with van der Waals surface area (Å²) < 4.78 is 24.4. The minimum absolute atomic E-state index is 0.00969. The normalized spacial score (nSPS) is 15.2. The third kappa shape index (κ3) is 5.75. The number of likely N-dealkylation sites (N-methyl/N-ethyl adjacent to an activating group) is 1. The fraction of sp³-hybridized carbons (Fsp3) is 0.344. The Hall–Kier alpha value is -4.40. The third-order valence-corrected chi connectivity index (χ3v) is 7.95. The average Bonchev–Trinajstić information content (AvgIpc) is 3.24. The predicted octanol–water partition coefficient (Wildman–Crippen LogP) is 4.56. The molecule has 9 heteroatoms. The lowest BCUT2D eigenvalue weighted by atomic mass is 9.94. The first-order chi connectivity index (χ1) is 19.8. The summed E-state index contributed by atoms with van der Waals surface area (Å²) in [5, 5.41) is 0. The molecule has 1 fully saturated rings. The van der Waals surface area contributed by atoms with E-state index < -0.39 is 5.82 Å². The van der Waals surface area contributed by atoms with E-state index in [9.17, 15) is 18.8 Å². The van der Waals surface area contributed by atoms with Crippen LogP contribution in [0.2, 0.25) is 0 Å². The van der Waals surface area contributed by atoms with Crippen molar-refractivity contribution in [2.75, 3.05) is 45.8 Å². The topological polar surface area (TPSA) is 79.4 Å². The van der Waals surface area contributed by atoms with E-state index >= 15 is 0 Å². The highest BCUT2D eigenvalue weighted by Gasteiger charge is 2.39. The smallest absolute Gasteiger partial charge is 0.263 e. The van der Waals surface area contributed by atoms with Gasteiger partial charge in [0.15, 0.2) is 11.5 Å². The van der Waals surface area contributed by atoms with Crippen LogP contribution in [0.1, 0.15) is 44.7 Å². The van der Waals surface area contributed by atoms with E-state index in [1.165, 1.54) is 17.0 Å². The van der Waals surface area contributed by atoms with Crippen LogP contribution in [0.3, 0.4) is 0 Å². The molecule has 0 aliphatic carbocycles. The molecule has 5 rings (SSSR count). The third-order valence-electron chi connectivity index (χ3n) is 7.95. The Labute approximate surface area is 239 Å². The molecule has 2 aliphatic heterocycles. The Morgan fingerprint density at radius 3 is 2.37 bits per heavy atom. The van der Waals surface area contributed by atoms with Gasteiger partial charge in [0.1, 0.15) is 5.82 Å². The molecule has 3 aromatic rings. The molecular weight excluding hydrogens is 525 g/mol. The molecule has 0 radical (unpaired) electrons. The number of hydrogen-bond donors (Lipinski definition) is 0. The van der Waals surface area contributed by atoms with E-state index in [0.717, 1.165) is 5.56 Å². The molecule has 8 nitrogen and oxygen atoms in total. The molecule has 0 atom stereocenters. The molecule has 0 aromatic heterocycles. The van der Waals surface area contributed by atoms with E-state index in [2.05, 4.69) is 4.90 Å². The van der Waals surface area contributed by atoms with Gasteiger partial charge in [0.2, 0.25) is 5.91 Å². The standard InChI is InChI=1S/C32H34FN3O5/c1-34(15-12-21-10-11-27(40-2)28(19-21)41-3)30(37)23-13-16-35(17-14-23)26-9-5-8-25-29(26)32(39)36(31(25)38)20-22-6-4-7-24(33)18-22/h4-11,18-19,23H,12-17,20H2,1-3H3. The Morgan fingerprint density at radius 2 is 1.66 bits per heavy atom. The van der Waals surface area contributed by atoms with Crippen LogP contribution in [0, 0.1) is 11.7 Å². The van der Waals surface area contributed by atoms with Crippen LogP contribution in [-0.2, 0) is 17.8 Å². The molecule has 3 aromatic carbocycles. The Bertz CT molecular complexity index is 1470. The van der Waals surface area contributed by atoms with Gasteiger partial charge in [-0.1, -0.05) is 24.3 Å². The number of carbonyl (C=O) groups excluding carboxylic acids is 3. The highest BCUT2D eigenvalue weighted by atomic mass is 19.1. The number of fused-ring (bicyclic) bond motifs is 1. The van der Waals surface area contributed by atoms with Crippen LogP contribution >= 0.6 is 0 Å². The monoisotopic (exact) mass is 559 g/mol. The van der Waals surface area contributed by atoms with Crippen LogP contribution in [0.15, 0.2) is 60.7 Å². The predicted molar refractivity (Wildman–Crippen MR) is 153 cm³/mol. The molecule has 2 aliphatic rings. The van der Waals surface area contributed by atoms with Gasteiger partial charge in [-0.2, -0.15) is 0 Å². The molecule has 0 N–H and O–H groups in total. The van der Waals surface area contributed by atoms with Gasteiger partial charge in [0.05, 0.1) is 37.6 Å². The van der Waals surface area contributed by atoms with Gasteiger partial charge in [0.25, 0.3) is 11.8 Å². The summed E-state index contributed by atoms with van der Waals surface area (Å²) in [5.41, 5.74) is 3.05. The SMILES string of the molecule is COc1ccc(CCN(C)C(=O)C2CCN(c3cccc4c3C(=O)N(Cc3cccc(F)c3)C4=O)CC2)cc1OC.